The van der Waals surface area contributed by atoms with Crippen molar-refractivity contribution in [1.29, 1.82) is 0 Å². The van der Waals surface area contributed by atoms with Gasteiger partial charge in [0, 0.05) is 0 Å². The highest BCUT2D eigenvalue weighted by Crippen LogP contribution is 2.10. The summed E-state index contributed by atoms with van der Waals surface area (Å²) >= 11 is 0. The molecule has 0 saturated carbocycles. The maximum Gasteiger partial charge on any atom is 0.248 e. The molecule has 3 nitrogen and oxygen atoms in total. The molecule has 0 aliphatic heterocycles. The molecule has 2 aromatic rings. The van der Waals surface area contributed by atoms with Gasteiger partial charge in [0.2, 0.25) is 6.33 Å². The number of imidazole rings is 1. The molecule has 0 unspecified atom stereocenters. The third kappa shape index (κ3) is 2.47. The first-order chi connectivity index (χ1) is 7.24. The average molecular weight is 201 g/mol. The lowest BCUT2D eigenvalue weighted by Crippen LogP contribution is -2.23. The van der Waals surface area contributed by atoms with Gasteiger partial charge in [0.15, 0.2) is 0 Å². The SMILES string of the molecule is C[n+]1ccn(/C=C/c2ccc(O)cc2)c1. The smallest absolute Gasteiger partial charge is 0.248 e. The molecule has 3 heteroatoms. The van der Waals surface area contributed by atoms with Crippen molar-refractivity contribution in [2.45, 2.75) is 0 Å². The van der Waals surface area contributed by atoms with Gasteiger partial charge in [-0.05, 0) is 23.8 Å². The van der Waals surface area contributed by atoms with Gasteiger partial charge in [0.05, 0.1) is 13.2 Å². The molecule has 0 atom stereocenters. The summed E-state index contributed by atoms with van der Waals surface area (Å²) < 4.78 is 3.94. The van der Waals surface area contributed by atoms with E-state index in [9.17, 15) is 0 Å². The molecule has 1 aromatic carbocycles. The summed E-state index contributed by atoms with van der Waals surface area (Å²) in [5, 5.41) is 9.11. The monoisotopic (exact) mass is 201 g/mol. The molecule has 76 valence electrons. The Bertz CT molecular complexity index is 469. The third-order valence-electron chi connectivity index (χ3n) is 2.12. The van der Waals surface area contributed by atoms with E-state index >= 15 is 0 Å². The highest BCUT2D eigenvalue weighted by Gasteiger charge is 1.94. The Morgan fingerprint density at radius 2 is 2.00 bits per heavy atom. The lowest BCUT2D eigenvalue weighted by Gasteiger charge is -1.92. The first kappa shape index (κ1) is 9.52. The van der Waals surface area contributed by atoms with E-state index in [0.717, 1.165) is 5.56 Å². The van der Waals surface area contributed by atoms with E-state index in [-0.39, 0.29) is 0 Å². The number of aromatic nitrogens is 2. The lowest BCUT2D eigenvalue weighted by atomic mass is 10.2. The zero-order valence-electron chi connectivity index (χ0n) is 8.54. The Labute approximate surface area is 88.5 Å². The van der Waals surface area contributed by atoms with Crippen LogP contribution in [0.3, 0.4) is 0 Å². The van der Waals surface area contributed by atoms with Crippen molar-refractivity contribution in [2.75, 3.05) is 0 Å². The number of rotatable bonds is 2. The van der Waals surface area contributed by atoms with Crippen LogP contribution in [-0.2, 0) is 7.05 Å². The lowest BCUT2D eigenvalue weighted by molar-refractivity contribution is -0.670. The number of phenols is 1. The quantitative estimate of drug-likeness (QED) is 0.735. The number of nitrogens with zero attached hydrogens (tertiary/aromatic N) is 2. The van der Waals surface area contributed by atoms with Crippen molar-refractivity contribution < 1.29 is 9.67 Å². The molecule has 0 aliphatic carbocycles. The van der Waals surface area contributed by atoms with Gasteiger partial charge >= 0.3 is 0 Å². The highest BCUT2D eigenvalue weighted by molar-refractivity contribution is 5.60. The van der Waals surface area contributed by atoms with E-state index in [4.69, 9.17) is 5.11 Å². The van der Waals surface area contributed by atoms with Crippen molar-refractivity contribution in [3.63, 3.8) is 0 Å². The van der Waals surface area contributed by atoms with E-state index in [1.54, 1.807) is 12.1 Å². The number of hydrogen-bond donors (Lipinski definition) is 1. The van der Waals surface area contributed by atoms with Crippen molar-refractivity contribution >= 4 is 12.3 Å². The van der Waals surface area contributed by atoms with Crippen LogP contribution in [0.5, 0.6) is 5.75 Å². The Hall–Kier alpha value is -2.03. The second-order valence-electron chi connectivity index (χ2n) is 3.43. The molecule has 0 bridgehead atoms. The summed E-state index contributed by atoms with van der Waals surface area (Å²) in [6.45, 7) is 0. The van der Waals surface area contributed by atoms with E-state index in [1.807, 2.05) is 59.3 Å². The molecule has 1 heterocycles. The molecule has 0 amide bonds. The summed E-state index contributed by atoms with van der Waals surface area (Å²) in [5.41, 5.74) is 1.06. The predicted octanol–water partition coefficient (Wildman–Crippen LogP) is 1.65. The highest BCUT2D eigenvalue weighted by atomic mass is 16.3. The zero-order valence-corrected chi connectivity index (χ0v) is 8.54. The topological polar surface area (TPSA) is 29.0 Å². The zero-order chi connectivity index (χ0) is 10.7. The summed E-state index contributed by atoms with van der Waals surface area (Å²) in [5.74, 6) is 0.291. The van der Waals surface area contributed by atoms with Gasteiger partial charge in [0.25, 0.3) is 0 Å². The minimum atomic E-state index is 0.291. The van der Waals surface area contributed by atoms with E-state index in [2.05, 4.69) is 0 Å². The Morgan fingerprint density at radius 1 is 1.27 bits per heavy atom. The second kappa shape index (κ2) is 4.00. The maximum atomic E-state index is 9.11. The Kier molecular flexibility index (Phi) is 2.54. The number of aromatic hydroxyl groups is 1. The van der Waals surface area contributed by atoms with Crippen LogP contribution in [0.4, 0.5) is 0 Å². The normalized spacial score (nSPS) is 11.0. The van der Waals surface area contributed by atoms with Crippen molar-refractivity contribution in [2.24, 2.45) is 7.05 Å². The molecule has 2 rings (SSSR count). The largest absolute Gasteiger partial charge is 0.508 e. The van der Waals surface area contributed by atoms with Crippen LogP contribution in [0.25, 0.3) is 12.3 Å². The fraction of sp³-hybridized carbons (Fsp3) is 0.0833. The molecule has 0 aliphatic rings. The van der Waals surface area contributed by atoms with Gasteiger partial charge in [-0.2, -0.15) is 0 Å². The van der Waals surface area contributed by atoms with Crippen LogP contribution >= 0.6 is 0 Å². The van der Waals surface area contributed by atoms with Crippen molar-refractivity contribution in [3.8, 4) is 5.75 Å². The van der Waals surface area contributed by atoms with E-state index < -0.39 is 0 Å². The van der Waals surface area contributed by atoms with Crippen molar-refractivity contribution in [3.05, 3.63) is 48.5 Å². The van der Waals surface area contributed by atoms with Crippen LogP contribution in [0.15, 0.2) is 43.0 Å². The van der Waals surface area contributed by atoms with E-state index in [1.165, 1.54) is 0 Å². The molecule has 1 aromatic heterocycles. The number of benzene rings is 1. The van der Waals surface area contributed by atoms with Gasteiger partial charge in [0.1, 0.15) is 18.1 Å². The fourth-order valence-electron chi connectivity index (χ4n) is 1.32. The predicted molar refractivity (Wildman–Crippen MR) is 58.9 cm³/mol. The van der Waals surface area contributed by atoms with Gasteiger partial charge in [-0.15, -0.1) is 0 Å². The first-order valence-corrected chi connectivity index (χ1v) is 4.74. The van der Waals surface area contributed by atoms with Gasteiger partial charge in [-0.1, -0.05) is 12.1 Å². The number of hydrogen-bond acceptors (Lipinski definition) is 1. The minimum Gasteiger partial charge on any atom is -0.508 e. The molecular weight excluding hydrogens is 188 g/mol. The molecule has 0 radical (unpaired) electrons. The van der Waals surface area contributed by atoms with E-state index in [0.29, 0.717) is 5.75 Å². The van der Waals surface area contributed by atoms with Gasteiger partial charge < -0.3 is 5.11 Å². The molecular formula is C12H13N2O+. The number of aryl methyl sites for hydroxylation is 1. The molecule has 0 saturated heterocycles. The standard InChI is InChI=1S/C12H12N2O/c1-13-8-9-14(10-13)7-6-11-2-4-12(15)5-3-11/h2-10H,1H3/p+1/b7-6+. The van der Waals surface area contributed by atoms with Crippen LogP contribution < -0.4 is 4.57 Å². The maximum absolute atomic E-state index is 9.11. The van der Waals surface area contributed by atoms with Crippen LogP contribution in [-0.4, -0.2) is 9.67 Å². The van der Waals surface area contributed by atoms with Crippen LogP contribution in [0.2, 0.25) is 0 Å². The molecule has 15 heavy (non-hydrogen) atoms. The minimum absolute atomic E-state index is 0.291. The second-order valence-corrected chi connectivity index (χ2v) is 3.43. The van der Waals surface area contributed by atoms with Gasteiger partial charge in [-0.3, -0.25) is 0 Å². The molecule has 0 fully saturated rings. The van der Waals surface area contributed by atoms with Crippen LogP contribution in [0.1, 0.15) is 5.56 Å². The summed E-state index contributed by atoms with van der Waals surface area (Å²) in [4.78, 5) is 0. The third-order valence-corrected chi connectivity index (χ3v) is 2.12. The summed E-state index contributed by atoms with van der Waals surface area (Å²) in [6, 6.07) is 7.09. The average Bonchev–Trinajstić information content (AvgIpc) is 2.64. The summed E-state index contributed by atoms with van der Waals surface area (Å²) in [6.07, 6.45) is 9.86. The fourth-order valence-corrected chi connectivity index (χ4v) is 1.32. The molecule has 1 N–H and O–H groups in total. The molecule has 0 spiro atoms. The van der Waals surface area contributed by atoms with Crippen LogP contribution in [0, 0.1) is 0 Å². The number of phenolic OH excluding ortho intramolecular Hbond substituents is 1. The van der Waals surface area contributed by atoms with Gasteiger partial charge in [-0.25, -0.2) is 9.13 Å². The first-order valence-electron chi connectivity index (χ1n) is 4.74. The van der Waals surface area contributed by atoms with Crippen molar-refractivity contribution in [1.82, 2.24) is 4.57 Å². The Balaban J connectivity index is 2.14. The Morgan fingerprint density at radius 3 is 2.60 bits per heavy atom. The summed E-state index contributed by atoms with van der Waals surface area (Å²) in [7, 11) is 1.98.